The normalized spacial score (nSPS) is 17.3. The molecular formula is C70H64BN3. The zero-order valence-electron chi connectivity index (χ0n) is 44.2. The summed E-state index contributed by atoms with van der Waals surface area (Å²) in [6, 6.07) is 74.2. The maximum absolute atomic E-state index is 2.69. The van der Waals surface area contributed by atoms with Gasteiger partial charge in [-0.2, -0.15) is 0 Å². The molecule has 0 fully saturated rings. The third kappa shape index (κ3) is 6.72. The van der Waals surface area contributed by atoms with Crippen molar-refractivity contribution >= 4 is 79.0 Å². The van der Waals surface area contributed by atoms with Crippen molar-refractivity contribution in [2.24, 2.45) is 0 Å². The van der Waals surface area contributed by atoms with Crippen molar-refractivity contribution in [2.45, 2.75) is 103 Å². The van der Waals surface area contributed by atoms with Crippen LogP contribution < -0.4 is 26.2 Å². The van der Waals surface area contributed by atoms with Crippen LogP contribution in [0.25, 0.3) is 49.7 Å². The zero-order chi connectivity index (χ0) is 50.5. The highest BCUT2D eigenvalue weighted by Crippen LogP contribution is 2.53. The van der Waals surface area contributed by atoms with Gasteiger partial charge in [0.15, 0.2) is 0 Å². The summed E-state index contributed by atoms with van der Waals surface area (Å²) in [6.45, 7) is 19.7. The largest absolute Gasteiger partial charge is 0.311 e. The summed E-state index contributed by atoms with van der Waals surface area (Å²) in [7, 11) is 0. The van der Waals surface area contributed by atoms with Crippen LogP contribution in [-0.4, -0.2) is 11.3 Å². The first-order valence-electron chi connectivity index (χ1n) is 27.1. The van der Waals surface area contributed by atoms with Gasteiger partial charge in [0.2, 0.25) is 0 Å². The van der Waals surface area contributed by atoms with Crippen molar-refractivity contribution in [2.75, 3.05) is 9.80 Å². The lowest BCUT2D eigenvalue weighted by atomic mass is 9.33. The molecular weight excluding hydrogens is 894 g/mol. The first-order chi connectivity index (χ1) is 35.7. The molecule has 74 heavy (non-hydrogen) atoms. The van der Waals surface area contributed by atoms with Gasteiger partial charge in [-0.3, -0.25) is 0 Å². The number of fused-ring (bicyclic) bond motifs is 9. The van der Waals surface area contributed by atoms with E-state index in [0.29, 0.717) is 0 Å². The Labute approximate surface area is 438 Å². The van der Waals surface area contributed by atoms with Crippen LogP contribution in [-0.2, 0) is 21.7 Å². The molecule has 0 saturated heterocycles. The van der Waals surface area contributed by atoms with Crippen LogP contribution in [0.4, 0.5) is 34.1 Å². The van der Waals surface area contributed by atoms with Crippen LogP contribution in [0.1, 0.15) is 103 Å². The highest BCUT2D eigenvalue weighted by atomic mass is 15.2. The van der Waals surface area contributed by atoms with Gasteiger partial charge < -0.3 is 14.4 Å². The van der Waals surface area contributed by atoms with Crippen LogP contribution in [0.5, 0.6) is 0 Å². The molecule has 0 spiro atoms. The fourth-order valence-electron chi connectivity index (χ4n) is 13.9. The number of rotatable bonds is 5. The van der Waals surface area contributed by atoms with Gasteiger partial charge in [0.05, 0.1) is 11.0 Å². The minimum Gasteiger partial charge on any atom is -0.311 e. The second-order valence-electron chi connectivity index (χ2n) is 24.6. The van der Waals surface area contributed by atoms with Crippen molar-refractivity contribution in [3.63, 3.8) is 0 Å². The minimum absolute atomic E-state index is 0.00875. The highest BCUT2D eigenvalue weighted by Gasteiger charge is 2.47. The van der Waals surface area contributed by atoms with Gasteiger partial charge in [0.25, 0.3) is 6.71 Å². The van der Waals surface area contributed by atoms with Gasteiger partial charge in [-0.25, -0.2) is 0 Å². The summed E-state index contributed by atoms with van der Waals surface area (Å²) in [5.41, 5.74) is 26.1. The molecule has 362 valence electrons. The molecule has 10 aromatic rings. The monoisotopic (exact) mass is 958 g/mol. The Bertz CT molecular complexity index is 3920. The molecule has 2 aliphatic heterocycles. The van der Waals surface area contributed by atoms with E-state index < -0.39 is 0 Å². The van der Waals surface area contributed by atoms with E-state index in [-0.39, 0.29) is 28.4 Å². The first-order valence-corrected chi connectivity index (χ1v) is 27.1. The predicted molar refractivity (Wildman–Crippen MR) is 316 cm³/mol. The molecule has 3 nitrogen and oxygen atoms in total. The number of hydrogen-bond acceptors (Lipinski definition) is 2. The molecule has 2 aliphatic carbocycles. The standard InChI is InChI=1S/C70H64BN3/c1-67(2)34-35-68(3,4)55-42-51(30-31-54(55)67)74-63-44-57-56(69(5,6)36-37-70(57,7)8)43-59(63)71-58-32-28-47(46-29-33-61-53(38-46)52-26-18-19-27-60(52)72(61)49-22-14-10-15-23-49)39-62(58)73(50-24-16-11-17-25-50)64-40-48(41-65(74)66(64)71)45-20-12-9-13-21-45/h9-33,38-44H,34-37H2,1-8H3. The van der Waals surface area contributed by atoms with E-state index >= 15 is 0 Å². The van der Waals surface area contributed by atoms with Crippen molar-refractivity contribution in [1.29, 1.82) is 0 Å². The molecule has 9 aromatic carbocycles. The van der Waals surface area contributed by atoms with Gasteiger partial charge in [0.1, 0.15) is 0 Å². The second kappa shape index (κ2) is 16.0. The number of para-hydroxylation sites is 3. The Morgan fingerprint density at radius 3 is 1.50 bits per heavy atom. The summed E-state index contributed by atoms with van der Waals surface area (Å²) >= 11 is 0. The lowest BCUT2D eigenvalue weighted by Gasteiger charge is -2.48. The highest BCUT2D eigenvalue weighted by molar-refractivity contribution is 7.00. The Hall–Kier alpha value is -7.56. The molecule has 4 aliphatic rings. The predicted octanol–water partition coefficient (Wildman–Crippen LogP) is 16.9. The molecule has 0 radical (unpaired) electrons. The number of benzene rings is 9. The number of aromatic nitrogens is 1. The average Bonchev–Trinajstić information content (AvgIpc) is 3.77. The topological polar surface area (TPSA) is 11.4 Å². The van der Waals surface area contributed by atoms with E-state index in [4.69, 9.17) is 0 Å². The molecule has 0 saturated carbocycles. The molecule has 0 atom stereocenters. The van der Waals surface area contributed by atoms with E-state index in [1.54, 1.807) is 0 Å². The van der Waals surface area contributed by atoms with Crippen LogP contribution in [0.3, 0.4) is 0 Å². The molecule has 14 rings (SSSR count). The lowest BCUT2D eigenvalue weighted by molar-refractivity contribution is 0.332. The summed E-state index contributed by atoms with van der Waals surface area (Å²) in [5.74, 6) is 0. The van der Waals surface area contributed by atoms with Crippen molar-refractivity contribution < 1.29 is 0 Å². The smallest absolute Gasteiger partial charge is 0.252 e. The Kier molecular flexibility index (Phi) is 9.73. The number of anilines is 6. The van der Waals surface area contributed by atoms with Gasteiger partial charge >= 0.3 is 0 Å². The fraction of sp³-hybridized carbons (Fsp3) is 0.229. The quantitative estimate of drug-likeness (QED) is 0.159. The summed E-state index contributed by atoms with van der Waals surface area (Å²) in [4.78, 5) is 5.28. The second-order valence-corrected chi connectivity index (χ2v) is 24.6. The third-order valence-corrected chi connectivity index (χ3v) is 18.3. The lowest BCUT2D eigenvalue weighted by Crippen LogP contribution is -2.61. The van der Waals surface area contributed by atoms with Crippen LogP contribution in [0.2, 0.25) is 0 Å². The van der Waals surface area contributed by atoms with E-state index in [1.165, 1.54) is 130 Å². The number of nitrogens with zero attached hydrogens (tertiary/aromatic N) is 3. The molecule has 0 bridgehead atoms. The van der Waals surface area contributed by atoms with Crippen LogP contribution in [0.15, 0.2) is 194 Å². The zero-order valence-corrected chi connectivity index (χ0v) is 44.2. The molecule has 3 heterocycles. The minimum atomic E-state index is -0.00875. The van der Waals surface area contributed by atoms with E-state index in [9.17, 15) is 0 Å². The van der Waals surface area contributed by atoms with Crippen LogP contribution in [0, 0.1) is 0 Å². The SMILES string of the molecule is CC1(C)CCC(C)(C)c2cc(N3c4cc5c(cc4B4c6ccc(-c7ccc8c(c7)c7ccccc7n8-c7ccccc7)cc6N(c6ccccc6)c6cc(-c7ccccc7)cc3c64)C(C)(C)CCC5(C)C)ccc21. The Balaban J connectivity index is 1.06. The third-order valence-electron chi connectivity index (χ3n) is 18.3. The average molecular weight is 958 g/mol. The van der Waals surface area contributed by atoms with Crippen molar-refractivity contribution in [3.8, 4) is 27.9 Å². The summed E-state index contributed by atoms with van der Waals surface area (Å²) in [6.07, 6.45) is 4.68. The summed E-state index contributed by atoms with van der Waals surface area (Å²) in [5, 5.41) is 2.52. The van der Waals surface area contributed by atoms with Gasteiger partial charge in [-0.05, 0) is 187 Å². The van der Waals surface area contributed by atoms with Crippen molar-refractivity contribution in [3.05, 3.63) is 216 Å². The molecule has 0 unspecified atom stereocenters. The van der Waals surface area contributed by atoms with Gasteiger partial charge in [-0.1, -0.05) is 171 Å². The molecule has 0 amide bonds. The molecule has 0 N–H and O–H groups in total. The maximum Gasteiger partial charge on any atom is 0.252 e. The van der Waals surface area contributed by atoms with E-state index in [1.807, 2.05) is 0 Å². The Morgan fingerprint density at radius 2 is 0.824 bits per heavy atom. The summed E-state index contributed by atoms with van der Waals surface area (Å²) < 4.78 is 2.41. The fourth-order valence-corrected chi connectivity index (χ4v) is 13.9. The first kappa shape index (κ1) is 45.1. The van der Waals surface area contributed by atoms with Gasteiger partial charge in [-0.15, -0.1) is 0 Å². The van der Waals surface area contributed by atoms with Crippen LogP contribution >= 0.6 is 0 Å². The Morgan fingerprint density at radius 1 is 0.324 bits per heavy atom. The van der Waals surface area contributed by atoms with E-state index in [0.717, 1.165) is 18.5 Å². The molecule has 1 aromatic heterocycles. The number of hydrogen-bond donors (Lipinski definition) is 0. The van der Waals surface area contributed by atoms with Crippen molar-refractivity contribution in [1.82, 2.24) is 4.57 Å². The van der Waals surface area contributed by atoms with Gasteiger partial charge in [0, 0.05) is 50.6 Å². The van der Waals surface area contributed by atoms with E-state index in [2.05, 4.69) is 264 Å². The molecule has 4 heteroatoms. The maximum atomic E-state index is 2.69.